The highest BCUT2D eigenvalue weighted by Crippen LogP contribution is 2.30. The average molecular weight is 275 g/mol. The number of nitrogens with one attached hydrogen (secondary N) is 1. The van der Waals surface area contributed by atoms with Crippen LogP contribution < -0.4 is 5.32 Å². The summed E-state index contributed by atoms with van der Waals surface area (Å²) < 4.78 is 0. The van der Waals surface area contributed by atoms with Gasteiger partial charge in [-0.3, -0.25) is 0 Å². The van der Waals surface area contributed by atoms with Crippen molar-refractivity contribution in [3.63, 3.8) is 0 Å². The lowest BCUT2D eigenvalue weighted by Crippen LogP contribution is -2.18. The monoisotopic (exact) mass is 275 g/mol. The molecule has 1 nitrogen and oxygen atoms in total. The molecule has 0 saturated heterocycles. The Kier molecular flexibility index (Phi) is 9.88. The minimum atomic E-state index is 0.282. The lowest BCUT2D eigenvalue weighted by Gasteiger charge is -2.27. The van der Waals surface area contributed by atoms with Gasteiger partial charge in [0.25, 0.3) is 0 Å². The van der Waals surface area contributed by atoms with E-state index in [-0.39, 0.29) is 5.41 Å². The summed E-state index contributed by atoms with van der Waals surface area (Å²) in [7, 11) is 0. The third-order valence-corrected chi connectivity index (χ3v) is 3.17. The average Bonchev–Trinajstić information content (AvgIpc) is 2.34. The van der Waals surface area contributed by atoms with Gasteiger partial charge in [0.2, 0.25) is 0 Å². The smallest absolute Gasteiger partial charge is 0.0325 e. The van der Waals surface area contributed by atoms with Gasteiger partial charge in [-0.15, -0.1) is 6.58 Å². The summed E-state index contributed by atoms with van der Waals surface area (Å²) in [6.07, 6.45) is 17.2. The highest BCUT2D eigenvalue weighted by Gasteiger charge is 2.20. The molecule has 1 N–H and O–H groups in total. The molecule has 0 aromatic carbocycles. The topological polar surface area (TPSA) is 12.0 Å². The van der Waals surface area contributed by atoms with E-state index >= 15 is 0 Å². The molecule has 0 aliphatic heterocycles. The molecule has 0 fully saturated rings. The molecule has 0 saturated carbocycles. The minimum absolute atomic E-state index is 0.282. The van der Waals surface area contributed by atoms with Crippen molar-refractivity contribution in [3.8, 4) is 0 Å². The summed E-state index contributed by atoms with van der Waals surface area (Å²) in [6.45, 7) is 15.9. The Morgan fingerprint density at radius 1 is 1.05 bits per heavy atom. The van der Waals surface area contributed by atoms with Crippen molar-refractivity contribution in [1.82, 2.24) is 5.32 Å². The van der Waals surface area contributed by atoms with Crippen molar-refractivity contribution in [1.29, 1.82) is 0 Å². The van der Waals surface area contributed by atoms with Crippen molar-refractivity contribution < 1.29 is 0 Å². The summed E-state index contributed by atoms with van der Waals surface area (Å²) in [5.74, 6) is 1.17. The number of allylic oxidation sites excluding steroid dienone is 5. The molecule has 0 bridgehead atoms. The summed E-state index contributed by atoms with van der Waals surface area (Å²) >= 11 is 0. The lowest BCUT2D eigenvalue weighted by molar-refractivity contribution is 0.294. The van der Waals surface area contributed by atoms with Crippen LogP contribution in [0.25, 0.3) is 0 Å². The van der Waals surface area contributed by atoms with Gasteiger partial charge in [-0.25, -0.2) is 0 Å². The molecule has 114 valence electrons. The molecule has 20 heavy (non-hydrogen) atoms. The third-order valence-electron chi connectivity index (χ3n) is 3.17. The minimum Gasteiger partial charge on any atom is -0.388 e. The maximum Gasteiger partial charge on any atom is 0.0325 e. The molecule has 0 radical (unpaired) electrons. The Labute approximate surface area is 126 Å². The fourth-order valence-electron chi connectivity index (χ4n) is 1.82. The highest BCUT2D eigenvalue weighted by molar-refractivity contribution is 4.99. The maximum atomic E-state index is 3.73. The van der Waals surface area contributed by atoms with Gasteiger partial charge in [0.1, 0.15) is 0 Å². The zero-order chi connectivity index (χ0) is 15.4. The summed E-state index contributed by atoms with van der Waals surface area (Å²) in [5, 5.41) is 3.34. The summed E-state index contributed by atoms with van der Waals surface area (Å²) in [4.78, 5) is 0. The van der Waals surface area contributed by atoms with Crippen molar-refractivity contribution >= 4 is 0 Å². The molecular formula is C19H33N. The third kappa shape index (κ3) is 10.7. The second-order valence-electron chi connectivity index (χ2n) is 6.64. The molecule has 0 aromatic heterocycles. The largest absolute Gasteiger partial charge is 0.388 e. The van der Waals surface area contributed by atoms with Crippen LogP contribution in [-0.4, -0.2) is 6.54 Å². The van der Waals surface area contributed by atoms with Gasteiger partial charge in [0.15, 0.2) is 0 Å². The van der Waals surface area contributed by atoms with Crippen LogP contribution in [0.4, 0.5) is 0 Å². The molecule has 0 aliphatic carbocycles. The molecule has 1 unspecified atom stereocenters. The second-order valence-corrected chi connectivity index (χ2v) is 6.64. The fraction of sp³-hybridized carbons (Fsp3) is 0.579. The number of rotatable bonds is 9. The van der Waals surface area contributed by atoms with E-state index in [0.717, 1.165) is 19.4 Å². The molecule has 0 rings (SSSR count). The second kappa shape index (κ2) is 10.5. The first-order valence-electron chi connectivity index (χ1n) is 7.70. The van der Waals surface area contributed by atoms with E-state index in [1.807, 2.05) is 6.08 Å². The van der Waals surface area contributed by atoms with Crippen LogP contribution in [0.15, 0.2) is 49.2 Å². The standard InChI is InChI=1S/C19H33N/c1-7-8-9-10-13-18(19(4,5)6)14-16-20-15-11-12-17(2)3/h7,9-12,14,16-18,20H,1,8,13,15H2,2-6H3/b10-9+,12-11+,16-14+. The summed E-state index contributed by atoms with van der Waals surface area (Å²) in [6, 6.07) is 0. The fourth-order valence-corrected chi connectivity index (χ4v) is 1.82. The van der Waals surface area contributed by atoms with E-state index in [0.29, 0.717) is 11.8 Å². The Hall–Kier alpha value is -1.24. The quantitative estimate of drug-likeness (QED) is 0.433. The van der Waals surface area contributed by atoms with E-state index < -0.39 is 0 Å². The predicted octanol–water partition coefficient (Wildman–Crippen LogP) is 5.49. The van der Waals surface area contributed by atoms with Crippen LogP contribution in [0.3, 0.4) is 0 Å². The first kappa shape index (κ1) is 18.8. The molecule has 0 aromatic rings. The van der Waals surface area contributed by atoms with Gasteiger partial charge in [-0.1, -0.05) is 71.1 Å². The molecule has 1 heteroatoms. The van der Waals surface area contributed by atoms with E-state index in [4.69, 9.17) is 0 Å². The van der Waals surface area contributed by atoms with E-state index in [9.17, 15) is 0 Å². The van der Waals surface area contributed by atoms with E-state index in [1.165, 1.54) is 0 Å². The van der Waals surface area contributed by atoms with Gasteiger partial charge in [-0.2, -0.15) is 0 Å². The van der Waals surface area contributed by atoms with E-state index in [2.05, 4.69) is 83.1 Å². The van der Waals surface area contributed by atoms with Crippen molar-refractivity contribution in [2.45, 2.75) is 47.5 Å². The van der Waals surface area contributed by atoms with Crippen LogP contribution in [0, 0.1) is 17.3 Å². The zero-order valence-corrected chi connectivity index (χ0v) is 14.0. The predicted molar refractivity (Wildman–Crippen MR) is 92.6 cm³/mol. The van der Waals surface area contributed by atoms with Crippen LogP contribution in [0.2, 0.25) is 0 Å². The highest BCUT2D eigenvalue weighted by atomic mass is 14.8. The van der Waals surface area contributed by atoms with Crippen LogP contribution in [0.1, 0.15) is 47.5 Å². The van der Waals surface area contributed by atoms with Gasteiger partial charge in [-0.05, 0) is 36.3 Å². The van der Waals surface area contributed by atoms with Gasteiger partial charge < -0.3 is 5.32 Å². The van der Waals surface area contributed by atoms with Gasteiger partial charge in [0.05, 0.1) is 0 Å². The zero-order valence-electron chi connectivity index (χ0n) is 14.0. The van der Waals surface area contributed by atoms with Gasteiger partial charge in [0, 0.05) is 6.54 Å². The van der Waals surface area contributed by atoms with Crippen molar-refractivity contribution in [2.24, 2.45) is 17.3 Å². The van der Waals surface area contributed by atoms with Crippen molar-refractivity contribution in [2.75, 3.05) is 6.54 Å². The van der Waals surface area contributed by atoms with Crippen LogP contribution >= 0.6 is 0 Å². The normalized spacial score (nSPS) is 14.7. The molecular weight excluding hydrogens is 242 g/mol. The van der Waals surface area contributed by atoms with Crippen molar-refractivity contribution in [3.05, 3.63) is 49.2 Å². The maximum absolute atomic E-state index is 3.73. The molecule has 1 atom stereocenters. The number of hydrogen-bond donors (Lipinski definition) is 1. The molecule has 0 amide bonds. The Bertz CT molecular complexity index is 326. The molecule has 0 heterocycles. The number of hydrogen-bond acceptors (Lipinski definition) is 1. The Balaban J connectivity index is 4.26. The Morgan fingerprint density at radius 3 is 2.30 bits per heavy atom. The Morgan fingerprint density at radius 2 is 1.75 bits per heavy atom. The SMILES string of the molecule is C=CC/C=C/CC(/C=C/NC/C=C/C(C)C)C(C)(C)C. The molecule has 0 spiro atoms. The lowest BCUT2D eigenvalue weighted by atomic mass is 9.78. The molecule has 0 aliphatic rings. The first-order valence-corrected chi connectivity index (χ1v) is 7.70. The van der Waals surface area contributed by atoms with Gasteiger partial charge >= 0.3 is 0 Å². The first-order chi connectivity index (χ1) is 9.38. The summed E-state index contributed by atoms with van der Waals surface area (Å²) in [5.41, 5.74) is 0.282. The van der Waals surface area contributed by atoms with Crippen LogP contribution in [-0.2, 0) is 0 Å². The van der Waals surface area contributed by atoms with Crippen LogP contribution in [0.5, 0.6) is 0 Å². The van der Waals surface area contributed by atoms with E-state index in [1.54, 1.807) is 0 Å².